The lowest BCUT2D eigenvalue weighted by Crippen LogP contribution is -1.97. The molecule has 1 N–H and O–H groups in total. The van der Waals surface area contributed by atoms with Crippen LogP contribution in [0.25, 0.3) is 0 Å². The number of nitro benzene ring substituents is 1. The Labute approximate surface area is 153 Å². The largest absolute Gasteiger partial charge is 0.355 e. The summed E-state index contributed by atoms with van der Waals surface area (Å²) >= 11 is 0. The molecule has 0 fully saturated rings. The lowest BCUT2D eigenvalue weighted by Gasteiger charge is -2.12. The van der Waals surface area contributed by atoms with Gasteiger partial charge in [0.05, 0.1) is 4.92 Å². The van der Waals surface area contributed by atoms with Gasteiger partial charge in [0.1, 0.15) is 0 Å². The molecule has 0 aliphatic rings. The predicted molar refractivity (Wildman–Crippen MR) is 106 cm³/mol. The van der Waals surface area contributed by atoms with Crippen LogP contribution in [0.2, 0.25) is 0 Å². The van der Waals surface area contributed by atoms with Crippen LogP contribution in [0.15, 0.2) is 66.7 Å². The van der Waals surface area contributed by atoms with Crippen molar-refractivity contribution in [2.24, 2.45) is 0 Å². The highest BCUT2D eigenvalue weighted by Gasteiger charge is 2.06. The van der Waals surface area contributed by atoms with E-state index < -0.39 is 0 Å². The molecule has 0 bridgehead atoms. The zero-order chi connectivity index (χ0) is 18.5. The summed E-state index contributed by atoms with van der Waals surface area (Å²) in [6.07, 6.45) is 1.97. The van der Waals surface area contributed by atoms with Crippen molar-refractivity contribution in [2.75, 3.05) is 5.32 Å². The SMILES string of the molecule is Cc1ccc(CCc2ccc(C)c(Nc3ccc([N+](=O)[O-])cc3)c2)cc1. The molecule has 0 aromatic heterocycles. The fraction of sp³-hybridized carbons (Fsp3) is 0.182. The van der Waals surface area contributed by atoms with Crippen molar-refractivity contribution >= 4 is 17.1 Å². The highest BCUT2D eigenvalue weighted by molar-refractivity contribution is 5.64. The Kier molecular flexibility index (Phi) is 5.32. The number of anilines is 2. The summed E-state index contributed by atoms with van der Waals surface area (Å²) in [4.78, 5) is 10.4. The lowest BCUT2D eigenvalue weighted by molar-refractivity contribution is -0.384. The Hall–Kier alpha value is -3.14. The van der Waals surface area contributed by atoms with Gasteiger partial charge in [0.2, 0.25) is 0 Å². The third kappa shape index (κ3) is 4.48. The molecule has 0 atom stereocenters. The minimum atomic E-state index is -0.388. The standard InChI is InChI=1S/C22H22N2O2/c1-16-3-6-18(7-4-16)9-10-19-8-5-17(2)22(15-19)23-20-11-13-21(14-12-20)24(25)26/h3-8,11-15,23H,9-10H2,1-2H3. The van der Waals surface area contributed by atoms with Gasteiger partial charge < -0.3 is 5.32 Å². The molecular formula is C22H22N2O2. The summed E-state index contributed by atoms with van der Waals surface area (Å²) in [5.74, 6) is 0. The van der Waals surface area contributed by atoms with E-state index in [0.29, 0.717) is 0 Å². The number of benzene rings is 3. The van der Waals surface area contributed by atoms with Crippen LogP contribution in [0, 0.1) is 24.0 Å². The number of aryl methyl sites for hydroxylation is 4. The van der Waals surface area contributed by atoms with Gasteiger partial charge in [-0.2, -0.15) is 0 Å². The maximum Gasteiger partial charge on any atom is 0.269 e. The molecule has 132 valence electrons. The van der Waals surface area contributed by atoms with Crippen molar-refractivity contribution in [1.82, 2.24) is 0 Å². The van der Waals surface area contributed by atoms with Gasteiger partial charge in [0, 0.05) is 23.5 Å². The van der Waals surface area contributed by atoms with Gasteiger partial charge in [-0.1, -0.05) is 42.0 Å². The van der Waals surface area contributed by atoms with Gasteiger partial charge >= 0.3 is 0 Å². The molecule has 3 aromatic carbocycles. The Morgan fingerprint density at radius 3 is 2.12 bits per heavy atom. The maximum atomic E-state index is 10.8. The topological polar surface area (TPSA) is 55.2 Å². The first-order valence-corrected chi connectivity index (χ1v) is 8.68. The fourth-order valence-corrected chi connectivity index (χ4v) is 2.82. The number of nitrogens with zero attached hydrogens (tertiary/aromatic N) is 1. The van der Waals surface area contributed by atoms with Crippen LogP contribution in [-0.4, -0.2) is 4.92 Å². The molecule has 0 spiro atoms. The van der Waals surface area contributed by atoms with Crippen molar-refractivity contribution in [3.05, 3.63) is 99.1 Å². The molecule has 0 saturated carbocycles. The zero-order valence-electron chi connectivity index (χ0n) is 15.0. The van der Waals surface area contributed by atoms with E-state index in [0.717, 1.165) is 29.8 Å². The third-order valence-electron chi connectivity index (χ3n) is 4.48. The number of non-ortho nitro benzene ring substituents is 1. The molecule has 26 heavy (non-hydrogen) atoms. The maximum absolute atomic E-state index is 10.8. The predicted octanol–water partition coefficient (Wildman–Crippen LogP) is 5.74. The van der Waals surface area contributed by atoms with Crippen molar-refractivity contribution in [2.45, 2.75) is 26.7 Å². The summed E-state index contributed by atoms with van der Waals surface area (Å²) in [6.45, 7) is 4.15. The highest BCUT2D eigenvalue weighted by Crippen LogP contribution is 2.24. The highest BCUT2D eigenvalue weighted by atomic mass is 16.6. The quantitative estimate of drug-likeness (QED) is 0.457. The van der Waals surface area contributed by atoms with Crippen LogP contribution in [0.1, 0.15) is 22.3 Å². The summed E-state index contributed by atoms with van der Waals surface area (Å²) in [7, 11) is 0. The average Bonchev–Trinajstić information content (AvgIpc) is 2.64. The van der Waals surface area contributed by atoms with Gasteiger partial charge in [-0.05, 0) is 61.6 Å². The first kappa shape index (κ1) is 17.7. The van der Waals surface area contributed by atoms with E-state index in [-0.39, 0.29) is 10.6 Å². The first-order chi connectivity index (χ1) is 12.5. The van der Waals surface area contributed by atoms with Gasteiger partial charge in [-0.15, -0.1) is 0 Å². The summed E-state index contributed by atoms with van der Waals surface area (Å²) < 4.78 is 0. The Balaban J connectivity index is 1.70. The molecule has 0 aliphatic heterocycles. The second-order valence-electron chi connectivity index (χ2n) is 6.56. The number of hydrogen-bond acceptors (Lipinski definition) is 3. The van der Waals surface area contributed by atoms with E-state index in [9.17, 15) is 10.1 Å². The number of hydrogen-bond donors (Lipinski definition) is 1. The normalized spacial score (nSPS) is 10.5. The zero-order valence-corrected chi connectivity index (χ0v) is 15.0. The molecular weight excluding hydrogens is 324 g/mol. The molecule has 0 saturated heterocycles. The molecule has 3 rings (SSSR count). The van der Waals surface area contributed by atoms with Crippen LogP contribution in [0.5, 0.6) is 0 Å². The molecule has 3 aromatic rings. The minimum Gasteiger partial charge on any atom is -0.355 e. The van der Waals surface area contributed by atoms with Crippen LogP contribution in [0.4, 0.5) is 17.1 Å². The van der Waals surface area contributed by atoms with E-state index in [1.807, 2.05) is 0 Å². The van der Waals surface area contributed by atoms with E-state index in [4.69, 9.17) is 0 Å². The van der Waals surface area contributed by atoms with Gasteiger partial charge in [0.25, 0.3) is 5.69 Å². The molecule has 0 aliphatic carbocycles. The van der Waals surface area contributed by atoms with Crippen molar-refractivity contribution < 1.29 is 4.92 Å². The molecule has 0 radical (unpaired) electrons. The van der Waals surface area contributed by atoms with Crippen LogP contribution < -0.4 is 5.32 Å². The van der Waals surface area contributed by atoms with Gasteiger partial charge in [-0.25, -0.2) is 0 Å². The smallest absolute Gasteiger partial charge is 0.269 e. The first-order valence-electron chi connectivity index (χ1n) is 8.68. The van der Waals surface area contributed by atoms with Crippen molar-refractivity contribution in [1.29, 1.82) is 0 Å². The van der Waals surface area contributed by atoms with Crippen molar-refractivity contribution in [3.8, 4) is 0 Å². The molecule has 4 heteroatoms. The van der Waals surface area contributed by atoms with E-state index >= 15 is 0 Å². The van der Waals surface area contributed by atoms with Gasteiger partial charge in [-0.3, -0.25) is 10.1 Å². The van der Waals surface area contributed by atoms with Crippen LogP contribution in [0.3, 0.4) is 0 Å². The Morgan fingerprint density at radius 1 is 0.846 bits per heavy atom. The van der Waals surface area contributed by atoms with E-state index in [2.05, 4.69) is 61.6 Å². The second kappa shape index (κ2) is 7.83. The van der Waals surface area contributed by atoms with E-state index in [1.54, 1.807) is 12.1 Å². The number of nitro groups is 1. The van der Waals surface area contributed by atoms with Gasteiger partial charge in [0.15, 0.2) is 0 Å². The van der Waals surface area contributed by atoms with Crippen LogP contribution >= 0.6 is 0 Å². The lowest BCUT2D eigenvalue weighted by atomic mass is 10.0. The molecule has 0 heterocycles. The Bertz CT molecular complexity index is 900. The minimum absolute atomic E-state index is 0.0964. The number of nitrogens with one attached hydrogen (secondary N) is 1. The third-order valence-corrected chi connectivity index (χ3v) is 4.48. The average molecular weight is 346 g/mol. The van der Waals surface area contributed by atoms with Crippen molar-refractivity contribution in [3.63, 3.8) is 0 Å². The monoisotopic (exact) mass is 346 g/mol. The summed E-state index contributed by atoms with van der Waals surface area (Å²) in [6, 6.07) is 21.6. The molecule has 0 unspecified atom stereocenters. The summed E-state index contributed by atoms with van der Waals surface area (Å²) in [5.41, 5.74) is 6.98. The van der Waals surface area contributed by atoms with E-state index in [1.165, 1.54) is 28.8 Å². The molecule has 4 nitrogen and oxygen atoms in total. The second-order valence-corrected chi connectivity index (χ2v) is 6.56. The number of rotatable bonds is 6. The fourth-order valence-electron chi connectivity index (χ4n) is 2.82. The summed E-state index contributed by atoms with van der Waals surface area (Å²) in [5, 5.41) is 14.1. The van der Waals surface area contributed by atoms with Crippen LogP contribution in [-0.2, 0) is 12.8 Å². The Morgan fingerprint density at radius 2 is 1.46 bits per heavy atom. The molecule has 0 amide bonds.